The number of carbonyl (C=O) groups excluding carboxylic acids is 1. The molecule has 1 N–H and O–H groups in total. The van der Waals surface area contributed by atoms with Crippen LogP contribution in [0.4, 0.5) is 0 Å². The maximum Gasteiger partial charge on any atom is 0.236 e. The number of aliphatic hydroxyl groups excluding tert-OH is 1. The molecule has 0 aromatic rings. The van der Waals surface area contributed by atoms with Crippen molar-refractivity contribution in [2.45, 2.75) is 44.8 Å². The summed E-state index contributed by atoms with van der Waals surface area (Å²) in [6.45, 7) is 3.50. The Morgan fingerprint density at radius 1 is 1.25 bits per heavy atom. The Balaban J connectivity index is 2.44. The van der Waals surface area contributed by atoms with Gasteiger partial charge in [-0.3, -0.25) is 9.69 Å². The summed E-state index contributed by atoms with van der Waals surface area (Å²) < 4.78 is 0. The molecule has 0 bridgehead atoms. The standard InChI is InChI=1S/C12H24N2O2/c1-4-14(9-12(16)13(2)3)10-5-7-11(15)8-6-10/h10-11,15H,4-9H2,1-3H3. The molecule has 0 aromatic carbocycles. The summed E-state index contributed by atoms with van der Waals surface area (Å²) in [6.07, 6.45) is 3.64. The highest BCUT2D eigenvalue weighted by Crippen LogP contribution is 2.22. The van der Waals surface area contributed by atoms with Crippen LogP contribution in [0, 0.1) is 0 Å². The average Bonchev–Trinajstić information content (AvgIpc) is 2.26. The van der Waals surface area contributed by atoms with E-state index in [9.17, 15) is 9.90 Å². The zero-order chi connectivity index (χ0) is 12.1. The van der Waals surface area contributed by atoms with Crippen LogP contribution in [0.3, 0.4) is 0 Å². The first-order valence-electron chi connectivity index (χ1n) is 6.16. The van der Waals surface area contributed by atoms with Gasteiger partial charge in [0, 0.05) is 20.1 Å². The number of likely N-dealkylation sites (N-methyl/N-ethyl adjacent to an activating group) is 2. The molecule has 1 aliphatic rings. The van der Waals surface area contributed by atoms with Gasteiger partial charge in [0.05, 0.1) is 12.6 Å². The molecule has 0 spiro atoms. The van der Waals surface area contributed by atoms with Crippen molar-refractivity contribution in [1.82, 2.24) is 9.80 Å². The Hall–Kier alpha value is -0.610. The van der Waals surface area contributed by atoms with Crippen LogP contribution in [-0.4, -0.2) is 60.1 Å². The van der Waals surface area contributed by atoms with Crippen LogP contribution in [0.1, 0.15) is 32.6 Å². The van der Waals surface area contributed by atoms with Gasteiger partial charge in [-0.2, -0.15) is 0 Å². The normalized spacial score (nSPS) is 25.8. The van der Waals surface area contributed by atoms with Crippen molar-refractivity contribution in [2.24, 2.45) is 0 Å². The van der Waals surface area contributed by atoms with Crippen LogP contribution in [0.5, 0.6) is 0 Å². The molecule has 0 aliphatic heterocycles. The molecule has 1 aliphatic carbocycles. The van der Waals surface area contributed by atoms with E-state index in [0.717, 1.165) is 32.2 Å². The second-order valence-electron chi connectivity index (χ2n) is 4.81. The summed E-state index contributed by atoms with van der Waals surface area (Å²) in [5, 5.41) is 9.46. The number of carbonyl (C=O) groups is 1. The number of amides is 1. The van der Waals surface area contributed by atoms with Gasteiger partial charge in [0.25, 0.3) is 0 Å². The summed E-state index contributed by atoms with van der Waals surface area (Å²) in [7, 11) is 3.58. The van der Waals surface area contributed by atoms with E-state index in [1.54, 1.807) is 19.0 Å². The maximum atomic E-state index is 11.7. The fraction of sp³-hybridized carbons (Fsp3) is 0.917. The minimum atomic E-state index is -0.125. The van der Waals surface area contributed by atoms with Crippen LogP contribution >= 0.6 is 0 Å². The van der Waals surface area contributed by atoms with Crippen molar-refractivity contribution in [3.8, 4) is 0 Å². The second kappa shape index (κ2) is 6.21. The van der Waals surface area contributed by atoms with Crippen molar-refractivity contribution < 1.29 is 9.90 Å². The van der Waals surface area contributed by atoms with Gasteiger partial charge in [-0.1, -0.05) is 6.92 Å². The first-order valence-corrected chi connectivity index (χ1v) is 6.16. The van der Waals surface area contributed by atoms with Crippen LogP contribution in [0.15, 0.2) is 0 Å². The van der Waals surface area contributed by atoms with Crippen LogP contribution in [0.25, 0.3) is 0 Å². The van der Waals surface area contributed by atoms with E-state index in [0.29, 0.717) is 12.6 Å². The Morgan fingerprint density at radius 2 is 1.81 bits per heavy atom. The lowest BCUT2D eigenvalue weighted by Crippen LogP contribution is -2.44. The third kappa shape index (κ3) is 3.76. The lowest BCUT2D eigenvalue weighted by atomic mass is 9.92. The molecular weight excluding hydrogens is 204 g/mol. The Bertz CT molecular complexity index is 223. The molecule has 4 heteroatoms. The molecule has 1 saturated carbocycles. The van der Waals surface area contributed by atoms with Crippen LogP contribution < -0.4 is 0 Å². The van der Waals surface area contributed by atoms with Gasteiger partial charge >= 0.3 is 0 Å². The van der Waals surface area contributed by atoms with Gasteiger partial charge in [-0.15, -0.1) is 0 Å². The molecule has 94 valence electrons. The first-order chi connectivity index (χ1) is 7.54. The van der Waals surface area contributed by atoms with Crippen molar-refractivity contribution in [3.05, 3.63) is 0 Å². The quantitative estimate of drug-likeness (QED) is 0.770. The summed E-state index contributed by atoms with van der Waals surface area (Å²) in [5.74, 6) is 0.160. The fourth-order valence-corrected chi connectivity index (χ4v) is 2.24. The molecule has 0 atom stereocenters. The fourth-order valence-electron chi connectivity index (χ4n) is 2.24. The van der Waals surface area contributed by atoms with Gasteiger partial charge in [-0.25, -0.2) is 0 Å². The van der Waals surface area contributed by atoms with Crippen molar-refractivity contribution >= 4 is 5.91 Å². The molecule has 0 unspecified atom stereocenters. The van der Waals surface area contributed by atoms with E-state index >= 15 is 0 Å². The van der Waals surface area contributed by atoms with Gasteiger partial charge in [0.2, 0.25) is 5.91 Å². The largest absolute Gasteiger partial charge is 0.393 e. The van der Waals surface area contributed by atoms with E-state index in [4.69, 9.17) is 0 Å². The topological polar surface area (TPSA) is 43.8 Å². The molecule has 1 rings (SSSR count). The molecule has 0 saturated heterocycles. The minimum Gasteiger partial charge on any atom is -0.393 e. The Morgan fingerprint density at radius 3 is 2.25 bits per heavy atom. The van der Waals surface area contributed by atoms with E-state index in [-0.39, 0.29) is 12.0 Å². The maximum absolute atomic E-state index is 11.7. The summed E-state index contributed by atoms with van der Waals surface area (Å²) in [6, 6.07) is 0.470. The van der Waals surface area contributed by atoms with Gasteiger partial charge in [0.1, 0.15) is 0 Å². The van der Waals surface area contributed by atoms with Crippen molar-refractivity contribution in [2.75, 3.05) is 27.2 Å². The number of rotatable bonds is 4. The Labute approximate surface area is 98.2 Å². The highest BCUT2D eigenvalue weighted by molar-refractivity contribution is 5.77. The molecule has 0 aromatic heterocycles. The zero-order valence-corrected chi connectivity index (χ0v) is 10.6. The van der Waals surface area contributed by atoms with Gasteiger partial charge in [-0.05, 0) is 32.2 Å². The number of hydrogen-bond acceptors (Lipinski definition) is 3. The van der Waals surface area contributed by atoms with Gasteiger partial charge in [0.15, 0.2) is 0 Å². The average molecular weight is 228 g/mol. The van der Waals surface area contributed by atoms with Gasteiger partial charge < -0.3 is 10.0 Å². The predicted molar refractivity (Wildman–Crippen MR) is 64.2 cm³/mol. The van der Waals surface area contributed by atoms with E-state index in [2.05, 4.69) is 11.8 Å². The minimum absolute atomic E-state index is 0.125. The second-order valence-corrected chi connectivity index (χ2v) is 4.81. The van der Waals surface area contributed by atoms with Crippen molar-refractivity contribution in [1.29, 1.82) is 0 Å². The monoisotopic (exact) mass is 228 g/mol. The molecule has 1 amide bonds. The van der Waals surface area contributed by atoms with Crippen LogP contribution in [-0.2, 0) is 4.79 Å². The van der Waals surface area contributed by atoms with Crippen molar-refractivity contribution in [3.63, 3.8) is 0 Å². The van der Waals surface area contributed by atoms with E-state index in [1.165, 1.54) is 0 Å². The third-order valence-corrected chi connectivity index (χ3v) is 3.43. The molecule has 4 nitrogen and oxygen atoms in total. The van der Waals surface area contributed by atoms with Crippen LogP contribution in [0.2, 0.25) is 0 Å². The number of hydrogen-bond donors (Lipinski definition) is 1. The lowest BCUT2D eigenvalue weighted by molar-refractivity contribution is -0.130. The Kier molecular flexibility index (Phi) is 5.22. The zero-order valence-electron chi connectivity index (χ0n) is 10.6. The molecule has 0 radical (unpaired) electrons. The number of aliphatic hydroxyl groups is 1. The van der Waals surface area contributed by atoms with E-state index < -0.39 is 0 Å². The summed E-state index contributed by atoms with van der Waals surface area (Å²) in [5.41, 5.74) is 0. The highest BCUT2D eigenvalue weighted by atomic mass is 16.3. The third-order valence-electron chi connectivity index (χ3n) is 3.43. The highest BCUT2D eigenvalue weighted by Gasteiger charge is 2.25. The predicted octanol–water partition coefficient (Wildman–Crippen LogP) is 0.700. The summed E-state index contributed by atoms with van der Waals surface area (Å²) in [4.78, 5) is 15.5. The molecule has 0 heterocycles. The molecule has 1 fully saturated rings. The number of nitrogens with zero attached hydrogens (tertiary/aromatic N) is 2. The molecular formula is C12H24N2O2. The smallest absolute Gasteiger partial charge is 0.236 e. The van der Waals surface area contributed by atoms with E-state index in [1.807, 2.05) is 0 Å². The SMILES string of the molecule is CCN(CC(=O)N(C)C)C1CCC(O)CC1. The first kappa shape index (κ1) is 13.5. The molecule has 16 heavy (non-hydrogen) atoms. The summed E-state index contributed by atoms with van der Waals surface area (Å²) >= 11 is 0. The lowest BCUT2D eigenvalue weighted by Gasteiger charge is -2.35.